The molecule has 3 heterocycles. The number of aliphatic hydroxyl groups excluding tert-OH is 1. The zero-order valence-electron chi connectivity index (χ0n) is 22.9. The fourth-order valence-electron chi connectivity index (χ4n) is 6.93. The van der Waals surface area contributed by atoms with Gasteiger partial charge in [-0.3, -0.25) is 14.4 Å². The van der Waals surface area contributed by atoms with Gasteiger partial charge in [0, 0.05) is 42.3 Å². The Balaban J connectivity index is 1.39. The largest absolute Gasteiger partial charge is 0.395 e. The zero-order valence-corrected chi connectivity index (χ0v) is 23.7. The summed E-state index contributed by atoms with van der Waals surface area (Å²) >= 11 is 1.63. The molecular formula is C30H38N4O4S. The number of nitrogens with one attached hydrogen (secondary N) is 2. The highest BCUT2D eigenvalue weighted by Crippen LogP contribution is 2.71. The third kappa shape index (κ3) is 4.69. The van der Waals surface area contributed by atoms with E-state index in [2.05, 4.69) is 36.3 Å². The van der Waals surface area contributed by atoms with Crippen molar-refractivity contribution in [1.29, 1.82) is 0 Å². The molecule has 0 aliphatic carbocycles. The first kappa shape index (κ1) is 27.5. The maximum absolute atomic E-state index is 13.9. The number of anilines is 2. The molecule has 8 nitrogen and oxygen atoms in total. The molecule has 3 saturated heterocycles. The molecule has 208 valence electrons. The lowest BCUT2D eigenvalue weighted by atomic mass is 9.66. The Hall–Kier alpha value is -3.04. The van der Waals surface area contributed by atoms with Crippen LogP contribution in [0.3, 0.4) is 0 Å². The number of aliphatic hydroxyl groups is 1. The summed E-state index contributed by atoms with van der Waals surface area (Å²) in [4.78, 5) is 45.1. The Morgan fingerprint density at radius 2 is 1.74 bits per heavy atom. The molecule has 1 spiro atoms. The van der Waals surface area contributed by atoms with Crippen LogP contribution in [0.1, 0.15) is 39.2 Å². The number of likely N-dealkylation sites (tertiary alicyclic amines) is 1. The van der Waals surface area contributed by atoms with Crippen molar-refractivity contribution in [3.8, 4) is 0 Å². The van der Waals surface area contributed by atoms with E-state index < -0.39 is 27.4 Å². The molecule has 5 rings (SSSR count). The topological polar surface area (TPSA) is 102 Å². The molecular weight excluding hydrogens is 512 g/mol. The van der Waals surface area contributed by atoms with Crippen molar-refractivity contribution in [1.82, 2.24) is 10.2 Å². The molecule has 3 N–H and O–H groups in total. The lowest BCUT2D eigenvalue weighted by molar-refractivity contribution is -0.140. The molecule has 5 atom stereocenters. The minimum absolute atomic E-state index is 0.0612. The summed E-state index contributed by atoms with van der Waals surface area (Å²) in [6.07, 6.45) is 1.42. The van der Waals surface area contributed by atoms with Gasteiger partial charge in [-0.1, -0.05) is 30.3 Å². The number of carbonyl (C=O) groups excluding carboxylic acids is 3. The number of amides is 3. The van der Waals surface area contributed by atoms with Crippen LogP contribution >= 0.6 is 11.8 Å². The maximum Gasteiger partial charge on any atom is 0.248 e. The van der Waals surface area contributed by atoms with Crippen LogP contribution in [0.15, 0.2) is 54.6 Å². The first-order chi connectivity index (χ1) is 18.8. The SMILES string of the molecule is CCN(CC)c1ccc(NC(=O)C2N(CCO)C(=O)[C@@H]3[C@H](C(=O)NCc4ccccc4)[C@]4(C)CCC23S4)cc1. The molecule has 2 aromatic rings. The summed E-state index contributed by atoms with van der Waals surface area (Å²) in [5, 5.41) is 15.9. The fraction of sp³-hybridized carbons (Fsp3) is 0.500. The van der Waals surface area contributed by atoms with Crippen LogP contribution in [0.2, 0.25) is 0 Å². The predicted molar refractivity (Wildman–Crippen MR) is 154 cm³/mol. The molecule has 3 fully saturated rings. The van der Waals surface area contributed by atoms with E-state index in [1.807, 2.05) is 54.6 Å². The van der Waals surface area contributed by atoms with Crippen molar-refractivity contribution in [2.75, 3.05) is 36.5 Å². The van der Waals surface area contributed by atoms with E-state index in [0.717, 1.165) is 30.8 Å². The second-order valence-corrected chi connectivity index (χ2v) is 12.8. The number of benzene rings is 2. The van der Waals surface area contributed by atoms with Gasteiger partial charge in [-0.25, -0.2) is 0 Å². The Kier molecular flexibility index (Phi) is 7.66. The number of fused-ring (bicyclic) bond motifs is 1. The Morgan fingerprint density at radius 3 is 2.38 bits per heavy atom. The van der Waals surface area contributed by atoms with Crippen molar-refractivity contribution in [2.24, 2.45) is 11.8 Å². The quantitative estimate of drug-likeness (QED) is 0.420. The fourth-order valence-corrected chi connectivity index (χ4v) is 9.28. The van der Waals surface area contributed by atoms with Gasteiger partial charge in [-0.2, -0.15) is 0 Å². The number of rotatable bonds is 10. The highest BCUT2D eigenvalue weighted by molar-refractivity contribution is 8.02. The zero-order chi connectivity index (χ0) is 27.8. The third-order valence-electron chi connectivity index (χ3n) is 8.72. The molecule has 39 heavy (non-hydrogen) atoms. The summed E-state index contributed by atoms with van der Waals surface area (Å²) in [5.74, 6) is -1.77. The van der Waals surface area contributed by atoms with Gasteiger partial charge < -0.3 is 25.5 Å². The van der Waals surface area contributed by atoms with Crippen LogP contribution in [0.5, 0.6) is 0 Å². The average molecular weight is 551 g/mol. The molecule has 0 aromatic heterocycles. The predicted octanol–water partition coefficient (Wildman–Crippen LogP) is 3.26. The van der Waals surface area contributed by atoms with E-state index in [1.54, 1.807) is 11.8 Å². The van der Waals surface area contributed by atoms with Crippen molar-refractivity contribution in [3.05, 3.63) is 60.2 Å². The average Bonchev–Trinajstić information content (AvgIpc) is 3.50. The van der Waals surface area contributed by atoms with Gasteiger partial charge in [-0.05, 0) is 63.4 Å². The van der Waals surface area contributed by atoms with Gasteiger partial charge in [0.2, 0.25) is 17.7 Å². The van der Waals surface area contributed by atoms with Crippen molar-refractivity contribution in [3.63, 3.8) is 0 Å². The molecule has 3 aliphatic heterocycles. The van der Waals surface area contributed by atoms with E-state index in [0.29, 0.717) is 18.7 Å². The van der Waals surface area contributed by atoms with Crippen LogP contribution in [0, 0.1) is 11.8 Å². The minimum atomic E-state index is -0.761. The highest BCUT2D eigenvalue weighted by atomic mass is 32.2. The lowest BCUT2D eigenvalue weighted by Gasteiger charge is -2.34. The summed E-state index contributed by atoms with van der Waals surface area (Å²) in [6.45, 7) is 8.25. The highest BCUT2D eigenvalue weighted by Gasteiger charge is 2.77. The number of carbonyl (C=O) groups is 3. The number of β-amino-alcohol motifs (C(OH)–C–C–N with tert-alkyl or cyclic N) is 1. The summed E-state index contributed by atoms with van der Waals surface area (Å²) in [7, 11) is 0. The molecule has 3 amide bonds. The number of hydrogen-bond donors (Lipinski definition) is 3. The Labute approximate surface area is 234 Å². The van der Waals surface area contributed by atoms with E-state index >= 15 is 0 Å². The van der Waals surface area contributed by atoms with Crippen LogP contribution in [-0.4, -0.2) is 69.5 Å². The first-order valence-electron chi connectivity index (χ1n) is 13.9. The van der Waals surface area contributed by atoms with Gasteiger partial charge in [0.25, 0.3) is 0 Å². The minimum Gasteiger partial charge on any atom is -0.395 e. The van der Waals surface area contributed by atoms with E-state index in [4.69, 9.17) is 0 Å². The summed E-state index contributed by atoms with van der Waals surface area (Å²) in [5.41, 5.74) is 2.73. The van der Waals surface area contributed by atoms with Gasteiger partial charge in [0.15, 0.2) is 0 Å². The van der Waals surface area contributed by atoms with Crippen LogP contribution in [0.4, 0.5) is 11.4 Å². The molecule has 2 aromatic carbocycles. The smallest absolute Gasteiger partial charge is 0.248 e. The first-order valence-corrected chi connectivity index (χ1v) is 14.7. The second kappa shape index (κ2) is 10.8. The van der Waals surface area contributed by atoms with Crippen molar-refractivity contribution in [2.45, 2.75) is 55.7 Å². The second-order valence-electron chi connectivity index (χ2n) is 10.9. The Bertz CT molecular complexity index is 1220. The van der Waals surface area contributed by atoms with Gasteiger partial charge in [-0.15, -0.1) is 11.8 Å². The molecule has 9 heteroatoms. The van der Waals surface area contributed by atoms with E-state index in [9.17, 15) is 19.5 Å². The van der Waals surface area contributed by atoms with Crippen molar-refractivity contribution >= 4 is 40.9 Å². The van der Waals surface area contributed by atoms with Crippen LogP contribution in [0.25, 0.3) is 0 Å². The van der Waals surface area contributed by atoms with E-state index in [-0.39, 0.29) is 30.9 Å². The summed E-state index contributed by atoms with van der Waals surface area (Å²) < 4.78 is -1.14. The monoisotopic (exact) mass is 550 g/mol. The van der Waals surface area contributed by atoms with Crippen LogP contribution < -0.4 is 15.5 Å². The molecule has 0 saturated carbocycles. The molecule has 0 radical (unpaired) electrons. The van der Waals surface area contributed by atoms with Gasteiger partial charge >= 0.3 is 0 Å². The Morgan fingerprint density at radius 1 is 1.05 bits per heavy atom. The number of hydrogen-bond acceptors (Lipinski definition) is 6. The number of nitrogens with zero attached hydrogens (tertiary/aromatic N) is 2. The maximum atomic E-state index is 13.9. The summed E-state index contributed by atoms with van der Waals surface area (Å²) in [6, 6.07) is 16.7. The van der Waals surface area contributed by atoms with E-state index in [1.165, 1.54) is 4.90 Å². The number of thioether (sulfide) groups is 1. The van der Waals surface area contributed by atoms with Crippen LogP contribution in [-0.2, 0) is 20.9 Å². The molecule has 3 aliphatic rings. The standard InChI is InChI=1S/C30H38N4O4S/c1-4-33(5-2)22-13-11-21(12-14-22)32-27(37)25-30-16-15-29(3,39-30)23(24(30)28(38)34(25)17-18-35)26(36)31-19-20-9-7-6-8-10-20/h6-14,23-25,35H,4-5,15-19H2,1-3H3,(H,31,36)(H,32,37)/t23-,24+,25?,29+,30?/m1/s1. The molecule has 2 bridgehead atoms. The third-order valence-corrected chi connectivity index (χ3v) is 10.7. The van der Waals surface area contributed by atoms with Gasteiger partial charge in [0.1, 0.15) is 6.04 Å². The van der Waals surface area contributed by atoms with Crippen molar-refractivity contribution < 1.29 is 19.5 Å². The van der Waals surface area contributed by atoms with Gasteiger partial charge in [0.05, 0.1) is 23.2 Å². The molecule has 2 unspecified atom stereocenters. The lowest BCUT2D eigenvalue weighted by Crippen LogP contribution is -2.52. The normalized spacial score (nSPS) is 28.9.